The molecule has 0 bridgehead atoms. The van der Waals surface area contributed by atoms with E-state index in [1.54, 1.807) is 0 Å². The van der Waals surface area contributed by atoms with Gasteiger partial charge in [0.25, 0.3) is 5.91 Å². The summed E-state index contributed by atoms with van der Waals surface area (Å²) in [5, 5.41) is 13.4. The molecule has 0 spiro atoms. The van der Waals surface area contributed by atoms with Crippen LogP contribution in [0.25, 0.3) is 0 Å². The van der Waals surface area contributed by atoms with Crippen molar-refractivity contribution in [2.45, 2.75) is 13.1 Å². The van der Waals surface area contributed by atoms with Gasteiger partial charge >= 0.3 is 17.8 Å². The van der Waals surface area contributed by atoms with Gasteiger partial charge in [-0.15, -0.1) is 0 Å². The number of hydrogen-bond donors (Lipinski definition) is 1. The highest BCUT2D eigenvalue weighted by atomic mass is 19.4. The molecule has 0 radical (unpaired) electrons. The van der Waals surface area contributed by atoms with E-state index in [1.165, 1.54) is 26.2 Å². The van der Waals surface area contributed by atoms with Crippen LogP contribution in [0.15, 0.2) is 36.4 Å². The summed E-state index contributed by atoms with van der Waals surface area (Å²) in [4.78, 5) is 34.2. The minimum Gasteiger partial charge on any atom is -0.490 e. The molecule has 2 aromatic carbocycles. The smallest absolute Gasteiger partial charge is 0.416 e. The number of amides is 1. The third kappa shape index (κ3) is 5.43. The number of methoxy groups -OCH3 is 1. The van der Waals surface area contributed by atoms with Gasteiger partial charge in [0.1, 0.15) is 0 Å². The lowest BCUT2D eigenvalue weighted by atomic mass is 10.1. The van der Waals surface area contributed by atoms with Crippen molar-refractivity contribution in [2.24, 2.45) is 0 Å². The van der Waals surface area contributed by atoms with Crippen LogP contribution in [0.2, 0.25) is 0 Å². The fourth-order valence-electron chi connectivity index (χ4n) is 2.34. The van der Waals surface area contributed by atoms with Gasteiger partial charge in [0, 0.05) is 17.8 Å². The van der Waals surface area contributed by atoms with Gasteiger partial charge in [0.05, 0.1) is 23.2 Å². The fourth-order valence-corrected chi connectivity index (χ4v) is 2.34. The number of nitrogens with zero attached hydrogens (tertiary/aromatic N) is 1. The Morgan fingerprint density at radius 3 is 2.48 bits per heavy atom. The highest BCUT2D eigenvalue weighted by molar-refractivity contribution is 5.96. The Hall–Kier alpha value is -3.63. The number of hydrogen-bond acceptors (Lipinski definition) is 6. The van der Waals surface area contributed by atoms with E-state index in [2.05, 4.69) is 5.32 Å². The molecule has 0 saturated carbocycles. The minimum absolute atomic E-state index is 0.0862. The van der Waals surface area contributed by atoms with Crippen molar-refractivity contribution in [1.82, 2.24) is 0 Å². The van der Waals surface area contributed by atoms with Crippen molar-refractivity contribution < 1.29 is 37.2 Å². The number of nitro benzene ring substituents is 1. The highest BCUT2D eigenvalue weighted by Crippen LogP contribution is 2.33. The van der Waals surface area contributed by atoms with Gasteiger partial charge in [-0.05, 0) is 30.7 Å². The van der Waals surface area contributed by atoms with Crippen molar-refractivity contribution in [2.75, 3.05) is 19.0 Å². The van der Waals surface area contributed by atoms with E-state index in [0.29, 0.717) is 11.6 Å². The monoisotopic (exact) mass is 412 g/mol. The fraction of sp³-hybridized carbons (Fsp3) is 0.222. The number of carbonyl (C=O) groups is 2. The number of halogens is 3. The van der Waals surface area contributed by atoms with Gasteiger partial charge in [0.15, 0.2) is 12.4 Å². The highest BCUT2D eigenvalue weighted by Gasteiger charge is 2.31. The number of aryl methyl sites for hydroxylation is 1. The number of esters is 1. The largest absolute Gasteiger partial charge is 0.490 e. The molecule has 2 rings (SSSR count). The summed E-state index contributed by atoms with van der Waals surface area (Å²) in [5.41, 5.74) is -1.13. The molecule has 0 aromatic heterocycles. The number of nitro groups is 1. The Labute approximate surface area is 162 Å². The van der Waals surface area contributed by atoms with Crippen LogP contribution in [0, 0.1) is 17.0 Å². The first-order chi connectivity index (χ1) is 13.5. The standard InChI is InChI=1S/C18H15F3N2O6/c1-10-6-14(23(26)27)15(28-2)8-13(10)22-16(24)9-29-17(25)11-4-3-5-12(7-11)18(19,20)21/h3-8H,9H2,1-2H3,(H,22,24). The van der Waals surface area contributed by atoms with Crippen LogP contribution in [0.5, 0.6) is 5.75 Å². The number of anilines is 1. The Balaban J connectivity index is 2.05. The summed E-state index contributed by atoms with van der Waals surface area (Å²) in [6.45, 7) is 0.741. The van der Waals surface area contributed by atoms with E-state index in [4.69, 9.17) is 9.47 Å². The van der Waals surface area contributed by atoms with Crippen molar-refractivity contribution in [3.8, 4) is 5.75 Å². The molecule has 0 aliphatic rings. The molecule has 11 heteroatoms. The summed E-state index contributed by atoms with van der Waals surface area (Å²) < 4.78 is 47.7. The number of carbonyl (C=O) groups excluding carboxylic acids is 2. The Morgan fingerprint density at radius 1 is 1.21 bits per heavy atom. The first-order valence-electron chi connectivity index (χ1n) is 8.00. The van der Waals surface area contributed by atoms with Crippen molar-refractivity contribution >= 4 is 23.3 Å². The molecular formula is C18H15F3N2O6. The maximum absolute atomic E-state index is 12.7. The lowest BCUT2D eigenvalue weighted by Crippen LogP contribution is -2.21. The number of nitrogens with one attached hydrogen (secondary N) is 1. The van der Waals surface area contributed by atoms with Crippen LogP contribution in [-0.4, -0.2) is 30.5 Å². The van der Waals surface area contributed by atoms with E-state index in [-0.39, 0.29) is 22.7 Å². The number of benzene rings is 2. The van der Waals surface area contributed by atoms with Gasteiger partial charge < -0.3 is 14.8 Å². The Kier molecular flexibility index (Phi) is 6.42. The van der Waals surface area contributed by atoms with Crippen molar-refractivity contribution in [3.63, 3.8) is 0 Å². The minimum atomic E-state index is -4.62. The predicted octanol–water partition coefficient (Wildman–Crippen LogP) is 3.73. The summed E-state index contributed by atoms with van der Waals surface area (Å²) in [6.07, 6.45) is -4.62. The van der Waals surface area contributed by atoms with Crippen molar-refractivity contribution in [3.05, 3.63) is 63.2 Å². The van der Waals surface area contributed by atoms with E-state index in [1.807, 2.05) is 0 Å². The van der Waals surface area contributed by atoms with Gasteiger partial charge in [-0.2, -0.15) is 13.2 Å². The zero-order valence-corrected chi connectivity index (χ0v) is 15.2. The summed E-state index contributed by atoms with van der Waals surface area (Å²) in [5.74, 6) is -1.98. The lowest BCUT2D eigenvalue weighted by Gasteiger charge is -2.11. The SMILES string of the molecule is COc1cc(NC(=O)COC(=O)c2cccc(C(F)(F)F)c2)c(C)cc1[N+](=O)[O-]. The van der Waals surface area contributed by atoms with Crippen molar-refractivity contribution in [1.29, 1.82) is 0 Å². The second kappa shape index (κ2) is 8.59. The molecule has 1 amide bonds. The molecular weight excluding hydrogens is 397 g/mol. The summed E-state index contributed by atoms with van der Waals surface area (Å²) in [7, 11) is 1.22. The quantitative estimate of drug-likeness (QED) is 0.440. The summed E-state index contributed by atoms with van der Waals surface area (Å²) in [6, 6.07) is 6.02. The molecule has 29 heavy (non-hydrogen) atoms. The maximum Gasteiger partial charge on any atom is 0.416 e. The second-order valence-electron chi connectivity index (χ2n) is 5.80. The normalized spacial score (nSPS) is 10.9. The average molecular weight is 412 g/mol. The topological polar surface area (TPSA) is 108 Å². The van der Waals surface area contributed by atoms with E-state index >= 15 is 0 Å². The molecule has 0 unspecified atom stereocenters. The molecule has 8 nitrogen and oxygen atoms in total. The second-order valence-corrected chi connectivity index (χ2v) is 5.80. The number of ether oxygens (including phenoxy) is 2. The van der Waals surface area contributed by atoms with Crippen LogP contribution in [0.4, 0.5) is 24.5 Å². The molecule has 0 heterocycles. The van der Waals surface area contributed by atoms with Gasteiger partial charge in [-0.25, -0.2) is 4.79 Å². The maximum atomic E-state index is 12.7. The summed E-state index contributed by atoms with van der Waals surface area (Å²) >= 11 is 0. The Morgan fingerprint density at radius 2 is 1.90 bits per heavy atom. The lowest BCUT2D eigenvalue weighted by molar-refractivity contribution is -0.385. The third-order valence-electron chi connectivity index (χ3n) is 3.76. The molecule has 1 N–H and O–H groups in total. The van der Waals surface area contributed by atoms with Gasteiger partial charge in [0.2, 0.25) is 0 Å². The zero-order chi connectivity index (χ0) is 21.8. The molecule has 154 valence electrons. The average Bonchev–Trinajstić information content (AvgIpc) is 2.66. The van der Waals surface area contributed by atoms with E-state index in [0.717, 1.165) is 18.2 Å². The van der Waals surface area contributed by atoms with Gasteiger partial charge in [-0.1, -0.05) is 6.07 Å². The molecule has 2 aromatic rings. The Bertz CT molecular complexity index is 959. The van der Waals surface area contributed by atoms with Crippen LogP contribution in [0.3, 0.4) is 0 Å². The van der Waals surface area contributed by atoms with E-state index in [9.17, 15) is 32.9 Å². The first kappa shape index (κ1) is 21.7. The number of rotatable bonds is 6. The van der Waals surface area contributed by atoms with Crippen LogP contribution >= 0.6 is 0 Å². The van der Waals surface area contributed by atoms with Gasteiger partial charge in [-0.3, -0.25) is 14.9 Å². The molecule has 0 saturated heterocycles. The number of alkyl halides is 3. The molecule has 0 aliphatic heterocycles. The van der Waals surface area contributed by atoms with Crippen LogP contribution in [-0.2, 0) is 15.7 Å². The predicted molar refractivity (Wildman–Crippen MR) is 94.7 cm³/mol. The molecule has 0 atom stereocenters. The van der Waals surface area contributed by atoms with Crippen LogP contribution < -0.4 is 10.1 Å². The zero-order valence-electron chi connectivity index (χ0n) is 15.2. The third-order valence-corrected chi connectivity index (χ3v) is 3.76. The van der Waals surface area contributed by atoms with Crippen LogP contribution in [0.1, 0.15) is 21.5 Å². The molecule has 0 fully saturated rings. The first-order valence-corrected chi connectivity index (χ1v) is 8.00. The molecule has 0 aliphatic carbocycles. The van der Waals surface area contributed by atoms with E-state index < -0.39 is 35.1 Å².